The molecule has 4 atom stereocenters. The average molecular weight is 321 g/mol. The predicted molar refractivity (Wildman–Crippen MR) is 65.8 cm³/mol. The number of alkyl halides is 1. The van der Waals surface area contributed by atoms with E-state index in [1.54, 1.807) is 6.92 Å². The monoisotopic (exact) mass is 320 g/mol. The molecule has 0 radical (unpaired) electrons. The number of nitrogens with one attached hydrogen (secondary N) is 1. The lowest BCUT2D eigenvalue weighted by Gasteiger charge is -2.17. The molecule has 1 aliphatic rings. The van der Waals surface area contributed by atoms with Gasteiger partial charge in [-0.25, -0.2) is 4.79 Å². The summed E-state index contributed by atoms with van der Waals surface area (Å²) in [7, 11) is 0. The Morgan fingerprint density at radius 3 is 2.78 bits per heavy atom. The minimum atomic E-state index is -0.931. The number of aromatic nitrogens is 2. The summed E-state index contributed by atoms with van der Waals surface area (Å²) in [6.45, 7) is 1.21. The summed E-state index contributed by atoms with van der Waals surface area (Å²) in [4.78, 5) is 24.6. The Labute approximate surface area is 110 Å². The lowest BCUT2D eigenvalue weighted by Crippen LogP contribution is -2.36. The first-order valence-corrected chi connectivity index (χ1v) is 6.27. The van der Waals surface area contributed by atoms with Crippen LogP contribution in [0, 0.1) is 6.92 Å². The topological polar surface area (TPSA) is 105 Å². The maximum Gasteiger partial charge on any atom is 0.330 e. The number of ether oxygens (including phenoxy) is 1. The highest BCUT2D eigenvalue weighted by Gasteiger charge is 2.43. The first-order valence-electron chi connectivity index (χ1n) is 5.36. The van der Waals surface area contributed by atoms with Gasteiger partial charge in [0.25, 0.3) is 5.56 Å². The summed E-state index contributed by atoms with van der Waals surface area (Å²) in [5, 5.41) is 18.8. The maximum atomic E-state index is 11.7. The molecule has 2 rings (SSSR count). The fraction of sp³-hybridized carbons (Fsp3) is 0.600. The normalized spacial score (nSPS) is 31.8. The number of hydrogen-bond donors (Lipinski definition) is 3. The van der Waals surface area contributed by atoms with Crippen LogP contribution in [-0.2, 0) is 4.74 Å². The largest absolute Gasteiger partial charge is 0.394 e. The number of rotatable bonds is 2. The van der Waals surface area contributed by atoms with Crippen molar-refractivity contribution >= 4 is 15.9 Å². The van der Waals surface area contributed by atoms with Gasteiger partial charge in [-0.2, -0.15) is 0 Å². The van der Waals surface area contributed by atoms with E-state index >= 15 is 0 Å². The molecule has 1 aromatic heterocycles. The average Bonchev–Trinajstić information content (AvgIpc) is 2.61. The number of H-pyrrole nitrogens is 1. The van der Waals surface area contributed by atoms with Crippen LogP contribution in [0.5, 0.6) is 0 Å². The van der Waals surface area contributed by atoms with Crippen LogP contribution in [0.25, 0.3) is 0 Å². The van der Waals surface area contributed by atoms with Gasteiger partial charge in [0.1, 0.15) is 6.10 Å². The molecule has 1 fully saturated rings. The van der Waals surface area contributed by atoms with Gasteiger partial charge in [-0.3, -0.25) is 14.3 Å². The minimum Gasteiger partial charge on any atom is -0.394 e. The Bertz CT molecular complexity index is 554. The van der Waals surface area contributed by atoms with E-state index in [4.69, 9.17) is 9.84 Å². The van der Waals surface area contributed by atoms with Gasteiger partial charge in [-0.15, -0.1) is 0 Å². The van der Waals surface area contributed by atoms with E-state index in [2.05, 4.69) is 20.9 Å². The highest BCUT2D eigenvalue weighted by Crippen LogP contribution is 2.33. The standard InChI is InChI=1S/C10H13BrN2O5/c1-4-2-13(10(17)12-8(4)16)9-6(11)7(15)5(3-14)18-9/h2,5-7,9,14-15H,3H2,1H3,(H,12,16,17)/t5-,6?,7-,9-/m1/s1. The van der Waals surface area contributed by atoms with E-state index < -0.39 is 34.5 Å². The Morgan fingerprint density at radius 1 is 1.56 bits per heavy atom. The van der Waals surface area contributed by atoms with Gasteiger partial charge in [-0.1, -0.05) is 15.9 Å². The smallest absolute Gasteiger partial charge is 0.330 e. The molecule has 0 aromatic carbocycles. The van der Waals surface area contributed by atoms with E-state index in [0.29, 0.717) is 5.56 Å². The number of aliphatic hydroxyl groups excluding tert-OH is 2. The van der Waals surface area contributed by atoms with Crippen molar-refractivity contribution in [2.24, 2.45) is 0 Å². The van der Waals surface area contributed by atoms with Crippen LogP contribution >= 0.6 is 15.9 Å². The van der Waals surface area contributed by atoms with Crippen molar-refractivity contribution in [2.75, 3.05) is 6.61 Å². The van der Waals surface area contributed by atoms with E-state index in [1.165, 1.54) is 10.8 Å². The Morgan fingerprint density at radius 2 is 2.22 bits per heavy atom. The van der Waals surface area contributed by atoms with E-state index in [1.807, 2.05) is 0 Å². The second kappa shape index (κ2) is 4.96. The van der Waals surface area contributed by atoms with Crippen LogP contribution in [0.4, 0.5) is 0 Å². The van der Waals surface area contributed by atoms with Crippen molar-refractivity contribution in [1.82, 2.24) is 9.55 Å². The summed E-state index contributed by atoms with van der Waals surface area (Å²) in [5.74, 6) is 0. The molecular formula is C10H13BrN2O5. The zero-order chi connectivity index (χ0) is 13.4. The third-order valence-electron chi connectivity index (χ3n) is 2.89. The lowest BCUT2D eigenvalue weighted by molar-refractivity contribution is -0.0457. The van der Waals surface area contributed by atoms with Crippen molar-refractivity contribution in [2.45, 2.75) is 30.2 Å². The number of aryl methyl sites for hydroxylation is 1. The van der Waals surface area contributed by atoms with Crippen molar-refractivity contribution < 1.29 is 14.9 Å². The molecule has 8 heteroatoms. The highest BCUT2D eigenvalue weighted by molar-refractivity contribution is 9.09. The molecule has 0 amide bonds. The lowest BCUT2D eigenvalue weighted by atomic mass is 10.2. The Hall–Kier alpha value is -0.960. The van der Waals surface area contributed by atoms with Gasteiger partial charge in [0, 0.05) is 11.8 Å². The molecular weight excluding hydrogens is 308 g/mol. The van der Waals surface area contributed by atoms with Crippen LogP contribution in [-0.4, -0.2) is 43.4 Å². The summed E-state index contributed by atoms with van der Waals surface area (Å²) in [6.07, 6.45) is -1.11. The van der Waals surface area contributed by atoms with Gasteiger partial charge in [0.05, 0.1) is 17.5 Å². The number of aliphatic hydroxyl groups is 2. The van der Waals surface area contributed by atoms with Crippen LogP contribution in [0.15, 0.2) is 15.8 Å². The fourth-order valence-corrected chi connectivity index (χ4v) is 2.57. The molecule has 3 N–H and O–H groups in total. The molecule has 0 aliphatic carbocycles. The van der Waals surface area contributed by atoms with Crippen molar-refractivity contribution in [3.05, 3.63) is 32.6 Å². The third kappa shape index (κ3) is 2.16. The van der Waals surface area contributed by atoms with Crippen molar-refractivity contribution in [3.63, 3.8) is 0 Å². The van der Waals surface area contributed by atoms with Gasteiger partial charge in [0.2, 0.25) is 0 Å². The van der Waals surface area contributed by atoms with Crippen molar-refractivity contribution in [1.29, 1.82) is 0 Å². The SMILES string of the molecule is Cc1cn([C@@H]2O[C@H](CO)[C@@H](O)C2Br)c(=O)[nH]c1=O. The molecule has 1 unspecified atom stereocenters. The van der Waals surface area contributed by atoms with Gasteiger partial charge in [0.15, 0.2) is 6.23 Å². The van der Waals surface area contributed by atoms with Gasteiger partial charge >= 0.3 is 5.69 Å². The summed E-state index contributed by atoms with van der Waals surface area (Å²) < 4.78 is 6.58. The summed E-state index contributed by atoms with van der Waals surface area (Å²) in [6, 6.07) is 0. The fourth-order valence-electron chi connectivity index (χ4n) is 1.85. The van der Waals surface area contributed by atoms with Gasteiger partial charge in [-0.05, 0) is 6.92 Å². The maximum absolute atomic E-state index is 11.7. The zero-order valence-corrected chi connectivity index (χ0v) is 11.1. The van der Waals surface area contributed by atoms with Crippen LogP contribution < -0.4 is 11.2 Å². The van der Waals surface area contributed by atoms with Gasteiger partial charge < -0.3 is 14.9 Å². The highest BCUT2D eigenvalue weighted by atomic mass is 79.9. The van der Waals surface area contributed by atoms with E-state index in [-0.39, 0.29) is 6.61 Å². The summed E-state index contributed by atoms with van der Waals surface area (Å²) >= 11 is 3.23. The molecule has 1 saturated heterocycles. The number of halogens is 1. The van der Waals surface area contributed by atoms with Crippen LogP contribution in [0.3, 0.4) is 0 Å². The second-order valence-electron chi connectivity index (χ2n) is 4.16. The molecule has 0 saturated carbocycles. The molecule has 18 heavy (non-hydrogen) atoms. The summed E-state index contributed by atoms with van der Waals surface area (Å²) in [5.41, 5.74) is -0.717. The minimum absolute atomic E-state index is 0.350. The molecule has 1 aromatic rings. The quantitative estimate of drug-likeness (QED) is 0.597. The number of aromatic amines is 1. The van der Waals surface area contributed by atoms with E-state index in [9.17, 15) is 14.7 Å². The van der Waals surface area contributed by atoms with Crippen LogP contribution in [0.2, 0.25) is 0 Å². The third-order valence-corrected chi connectivity index (χ3v) is 3.89. The Kier molecular flexibility index (Phi) is 3.71. The Balaban J connectivity index is 2.42. The molecule has 1 aliphatic heterocycles. The molecule has 0 bridgehead atoms. The van der Waals surface area contributed by atoms with E-state index in [0.717, 1.165) is 0 Å². The molecule has 7 nitrogen and oxygen atoms in total. The van der Waals surface area contributed by atoms with Crippen LogP contribution in [0.1, 0.15) is 11.8 Å². The molecule has 2 heterocycles. The van der Waals surface area contributed by atoms with Crippen molar-refractivity contribution in [3.8, 4) is 0 Å². The second-order valence-corrected chi connectivity index (χ2v) is 5.22. The first kappa shape index (κ1) is 13.5. The predicted octanol–water partition coefficient (Wildman–Crippen LogP) is -1.14. The molecule has 100 valence electrons. The number of nitrogens with zero attached hydrogens (tertiary/aromatic N) is 1. The number of hydrogen-bond acceptors (Lipinski definition) is 5. The molecule has 0 spiro atoms. The first-order chi connectivity index (χ1) is 8.45. The zero-order valence-electron chi connectivity index (χ0n) is 9.54.